The van der Waals surface area contributed by atoms with Crippen LogP contribution in [0.25, 0.3) is 0 Å². The molecule has 3 rings (SSSR count). The summed E-state index contributed by atoms with van der Waals surface area (Å²) in [6.45, 7) is 4.29. The van der Waals surface area contributed by atoms with Crippen molar-refractivity contribution >= 4 is 29.1 Å². The topological polar surface area (TPSA) is 79.8 Å². The number of pyridine rings is 1. The number of aryl methyl sites for hydroxylation is 2. The molecule has 1 amide bonds. The fraction of sp³-hybridized carbons (Fsp3) is 0.158. The minimum atomic E-state index is -0.258. The van der Waals surface area contributed by atoms with Gasteiger partial charge in [-0.05, 0) is 43.2 Å². The Hall–Kier alpha value is -2.99. The summed E-state index contributed by atoms with van der Waals surface area (Å²) in [4.78, 5) is 24.7. The van der Waals surface area contributed by atoms with Crippen LogP contribution in [0.15, 0.2) is 48.9 Å². The summed E-state index contributed by atoms with van der Waals surface area (Å²) >= 11 is 6.28. The second kappa shape index (κ2) is 7.93. The van der Waals surface area contributed by atoms with Crippen molar-refractivity contribution in [3.05, 3.63) is 76.3 Å². The lowest BCUT2D eigenvalue weighted by molar-refractivity contribution is 0.0949. The van der Waals surface area contributed by atoms with E-state index in [-0.39, 0.29) is 5.91 Å². The van der Waals surface area contributed by atoms with Gasteiger partial charge >= 0.3 is 0 Å². The lowest BCUT2D eigenvalue weighted by Crippen LogP contribution is -2.23. The third kappa shape index (κ3) is 4.34. The molecule has 0 bridgehead atoms. The molecule has 6 nitrogen and oxygen atoms in total. The molecule has 26 heavy (non-hydrogen) atoms. The van der Waals surface area contributed by atoms with E-state index < -0.39 is 0 Å². The average Bonchev–Trinajstić information content (AvgIpc) is 2.64. The van der Waals surface area contributed by atoms with Crippen molar-refractivity contribution in [2.45, 2.75) is 20.4 Å². The maximum absolute atomic E-state index is 12.2. The number of carbonyl (C=O) groups is 1. The summed E-state index contributed by atoms with van der Waals surface area (Å²) in [6.07, 6.45) is 4.63. The number of nitrogens with one attached hydrogen (secondary N) is 2. The Morgan fingerprint density at radius 1 is 1.12 bits per heavy atom. The first kappa shape index (κ1) is 17.8. The molecule has 2 N–H and O–H groups in total. The van der Waals surface area contributed by atoms with E-state index in [1.807, 2.05) is 44.2 Å². The van der Waals surface area contributed by atoms with Crippen LogP contribution in [0.5, 0.6) is 0 Å². The number of carbonyl (C=O) groups excluding carboxylic acids is 1. The van der Waals surface area contributed by atoms with Gasteiger partial charge < -0.3 is 10.6 Å². The number of anilines is 2. The molecule has 0 fully saturated rings. The smallest absolute Gasteiger partial charge is 0.254 e. The van der Waals surface area contributed by atoms with Crippen molar-refractivity contribution in [3.63, 3.8) is 0 Å². The Morgan fingerprint density at radius 2 is 1.88 bits per heavy atom. The van der Waals surface area contributed by atoms with E-state index >= 15 is 0 Å². The van der Waals surface area contributed by atoms with Gasteiger partial charge in [0.1, 0.15) is 0 Å². The summed E-state index contributed by atoms with van der Waals surface area (Å²) in [5.74, 6) is 0.117. The first-order valence-corrected chi connectivity index (χ1v) is 8.44. The number of rotatable bonds is 5. The van der Waals surface area contributed by atoms with E-state index in [2.05, 4.69) is 25.6 Å². The zero-order valence-corrected chi connectivity index (χ0v) is 15.2. The summed E-state index contributed by atoms with van der Waals surface area (Å²) in [5, 5.41) is 6.48. The van der Waals surface area contributed by atoms with E-state index in [9.17, 15) is 4.79 Å². The van der Waals surface area contributed by atoms with Crippen molar-refractivity contribution < 1.29 is 4.79 Å². The Kier molecular flexibility index (Phi) is 5.43. The second-order valence-corrected chi connectivity index (χ2v) is 6.27. The molecule has 0 saturated carbocycles. The van der Waals surface area contributed by atoms with Crippen LogP contribution in [0.4, 0.5) is 11.6 Å². The number of aromatic nitrogens is 3. The maximum atomic E-state index is 12.2. The molecule has 0 aliphatic heterocycles. The van der Waals surface area contributed by atoms with E-state index in [0.717, 1.165) is 22.5 Å². The Balaban J connectivity index is 1.66. The third-order valence-electron chi connectivity index (χ3n) is 3.74. The Morgan fingerprint density at radius 3 is 2.54 bits per heavy atom. The molecule has 2 aromatic heterocycles. The zero-order chi connectivity index (χ0) is 18.5. The van der Waals surface area contributed by atoms with Crippen molar-refractivity contribution in [3.8, 4) is 0 Å². The molecule has 0 spiro atoms. The monoisotopic (exact) mass is 367 g/mol. The Labute approximate surface area is 156 Å². The largest absolute Gasteiger partial charge is 0.346 e. The van der Waals surface area contributed by atoms with Gasteiger partial charge in [0.05, 0.1) is 28.5 Å². The maximum Gasteiger partial charge on any atom is 0.254 e. The van der Waals surface area contributed by atoms with Crippen molar-refractivity contribution in [2.24, 2.45) is 0 Å². The average molecular weight is 368 g/mol. The highest BCUT2D eigenvalue weighted by Crippen LogP contribution is 2.29. The van der Waals surface area contributed by atoms with Crippen LogP contribution in [-0.4, -0.2) is 20.9 Å². The predicted molar refractivity (Wildman–Crippen MR) is 102 cm³/mol. The minimum absolute atomic E-state index is 0.258. The van der Waals surface area contributed by atoms with Crippen LogP contribution < -0.4 is 10.6 Å². The lowest BCUT2D eigenvalue weighted by atomic mass is 10.1. The van der Waals surface area contributed by atoms with Gasteiger partial charge in [-0.15, -0.1) is 0 Å². The molecular formula is C19H18ClN5O. The highest BCUT2D eigenvalue weighted by molar-refractivity contribution is 6.33. The molecule has 0 aliphatic carbocycles. The minimum Gasteiger partial charge on any atom is -0.346 e. The number of halogens is 1. The van der Waals surface area contributed by atoms with Gasteiger partial charge in [0.15, 0.2) is 0 Å². The summed E-state index contributed by atoms with van der Waals surface area (Å²) in [5.41, 5.74) is 3.99. The molecule has 0 saturated heterocycles. The standard InChI is InChI=1S/C19H18ClN5O/c1-12-7-13(2)17(16(20)8-12)25-19-23-9-14(10-24-19)18(26)22-11-15-5-3-4-6-21-15/h3-10H,11H2,1-2H3,(H,22,26)(H,23,24,25). The molecule has 132 valence electrons. The van der Waals surface area contributed by atoms with Crippen LogP contribution in [0.2, 0.25) is 5.02 Å². The van der Waals surface area contributed by atoms with Crippen LogP contribution in [0.1, 0.15) is 27.2 Å². The summed E-state index contributed by atoms with van der Waals surface area (Å²) in [6, 6.07) is 9.44. The van der Waals surface area contributed by atoms with Crippen molar-refractivity contribution in [1.29, 1.82) is 0 Å². The number of benzene rings is 1. The summed E-state index contributed by atoms with van der Waals surface area (Å²) < 4.78 is 0. The number of amides is 1. The molecule has 0 radical (unpaired) electrons. The van der Waals surface area contributed by atoms with Crippen LogP contribution in [0.3, 0.4) is 0 Å². The van der Waals surface area contributed by atoms with Crippen molar-refractivity contribution in [1.82, 2.24) is 20.3 Å². The Bertz CT molecular complexity index is 890. The molecule has 3 aromatic rings. The molecule has 0 aliphatic rings. The fourth-order valence-electron chi connectivity index (χ4n) is 2.47. The van der Waals surface area contributed by atoms with Crippen LogP contribution in [-0.2, 0) is 6.54 Å². The van der Waals surface area contributed by atoms with Gasteiger partial charge in [-0.25, -0.2) is 9.97 Å². The predicted octanol–water partition coefficient (Wildman–Crippen LogP) is 3.82. The van der Waals surface area contributed by atoms with Gasteiger partial charge in [0, 0.05) is 18.6 Å². The van der Waals surface area contributed by atoms with Gasteiger partial charge in [0.25, 0.3) is 5.91 Å². The molecule has 2 heterocycles. The van der Waals surface area contributed by atoms with Gasteiger partial charge in [-0.3, -0.25) is 9.78 Å². The lowest BCUT2D eigenvalue weighted by Gasteiger charge is -2.11. The SMILES string of the molecule is Cc1cc(C)c(Nc2ncc(C(=O)NCc3ccccn3)cn2)c(Cl)c1. The molecule has 7 heteroatoms. The second-order valence-electron chi connectivity index (χ2n) is 5.86. The molecule has 0 unspecified atom stereocenters. The first-order valence-electron chi connectivity index (χ1n) is 8.07. The van der Waals surface area contributed by atoms with E-state index in [4.69, 9.17) is 11.6 Å². The highest BCUT2D eigenvalue weighted by atomic mass is 35.5. The van der Waals surface area contributed by atoms with E-state index in [1.54, 1.807) is 6.20 Å². The number of nitrogens with zero attached hydrogens (tertiary/aromatic N) is 3. The molecule has 1 aromatic carbocycles. The number of hydrogen-bond donors (Lipinski definition) is 2. The quantitative estimate of drug-likeness (QED) is 0.716. The van der Waals surface area contributed by atoms with Gasteiger partial charge in [0.2, 0.25) is 5.95 Å². The molecule has 0 atom stereocenters. The summed E-state index contributed by atoms with van der Waals surface area (Å²) in [7, 11) is 0. The van der Waals surface area contributed by atoms with E-state index in [0.29, 0.717) is 23.1 Å². The zero-order valence-electron chi connectivity index (χ0n) is 14.5. The van der Waals surface area contributed by atoms with Crippen LogP contribution >= 0.6 is 11.6 Å². The number of hydrogen-bond acceptors (Lipinski definition) is 5. The fourth-order valence-corrected chi connectivity index (χ4v) is 2.84. The van der Waals surface area contributed by atoms with Crippen molar-refractivity contribution in [2.75, 3.05) is 5.32 Å². The third-order valence-corrected chi connectivity index (χ3v) is 4.04. The van der Waals surface area contributed by atoms with E-state index in [1.165, 1.54) is 12.4 Å². The van der Waals surface area contributed by atoms with Gasteiger partial charge in [-0.2, -0.15) is 0 Å². The van der Waals surface area contributed by atoms with Gasteiger partial charge in [-0.1, -0.05) is 23.7 Å². The normalized spacial score (nSPS) is 10.4. The highest BCUT2D eigenvalue weighted by Gasteiger charge is 2.10. The molecular weight excluding hydrogens is 350 g/mol. The first-order chi connectivity index (χ1) is 12.5. The van der Waals surface area contributed by atoms with Crippen LogP contribution in [0, 0.1) is 13.8 Å².